The largest absolute Gasteiger partial charge is 0.476 e. The predicted octanol–water partition coefficient (Wildman–Crippen LogP) is 1.75. The number of aromatic carboxylic acids is 1. The zero-order valence-corrected chi connectivity index (χ0v) is 11.7. The maximum absolute atomic E-state index is 11.4. The highest BCUT2D eigenvalue weighted by Gasteiger charge is 2.19. The first kappa shape index (κ1) is 14.3. The fourth-order valence-corrected chi connectivity index (χ4v) is 2.08. The molecule has 0 saturated carbocycles. The lowest BCUT2D eigenvalue weighted by Crippen LogP contribution is -2.28. The average molecular weight is 277 g/mol. The van der Waals surface area contributed by atoms with E-state index in [9.17, 15) is 9.90 Å². The Hall–Kier alpha value is -2.08. The molecule has 0 amide bonds. The predicted molar refractivity (Wildman–Crippen MR) is 75.4 cm³/mol. The second kappa shape index (κ2) is 6.38. The Morgan fingerprint density at radius 1 is 1.40 bits per heavy atom. The molecule has 0 fully saturated rings. The molecule has 0 aromatic carbocycles. The van der Waals surface area contributed by atoms with Crippen LogP contribution in [-0.4, -0.2) is 51.6 Å². The van der Waals surface area contributed by atoms with Gasteiger partial charge in [-0.3, -0.25) is 4.40 Å². The third-order valence-corrected chi connectivity index (χ3v) is 3.24. The van der Waals surface area contributed by atoms with E-state index in [1.54, 1.807) is 18.3 Å². The Balaban J connectivity index is 2.17. The van der Waals surface area contributed by atoms with Gasteiger partial charge in [-0.1, -0.05) is 19.9 Å². The SMILES string of the molecule is CCN(CC)CCOc1nc2ccccn2c1C(=O)O. The first-order valence-electron chi connectivity index (χ1n) is 6.72. The number of nitrogens with zero attached hydrogens (tertiary/aromatic N) is 3. The maximum atomic E-state index is 11.4. The molecule has 0 bridgehead atoms. The Morgan fingerprint density at radius 2 is 2.15 bits per heavy atom. The lowest BCUT2D eigenvalue weighted by atomic mass is 10.4. The van der Waals surface area contributed by atoms with Crippen LogP contribution in [0.3, 0.4) is 0 Å². The number of pyridine rings is 1. The molecular formula is C14H19N3O3. The van der Waals surface area contributed by atoms with Crippen molar-refractivity contribution in [1.82, 2.24) is 14.3 Å². The normalized spacial score (nSPS) is 11.2. The van der Waals surface area contributed by atoms with Crippen LogP contribution in [0.1, 0.15) is 24.3 Å². The van der Waals surface area contributed by atoms with Gasteiger partial charge < -0.3 is 14.7 Å². The van der Waals surface area contributed by atoms with Crippen molar-refractivity contribution in [3.63, 3.8) is 0 Å². The monoisotopic (exact) mass is 277 g/mol. The number of carbonyl (C=O) groups is 1. The van der Waals surface area contributed by atoms with Crippen molar-refractivity contribution < 1.29 is 14.6 Å². The van der Waals surface area contributed by atoms with Gasteiger partial charge in [0.2, 0.25) is 5.88 Å². The molecule has 0 atom stereocenters. The van der Waals surface area contributed by atoms with Crippen LogP contribution in [0.4, 0.5) is 0 Å². The molecule has 0 aliphatic carbocycles. The summed E-state index contributed by atoms with van der Waals surface area (Å²) < 4.78 is 7.09. The number of hydrogen-bond donors (Lipinski definition) is 1. The van der Waals surface area contributed by atoms with Crippen molar-refractivity contribution >= 4 is 11.6 Å². The molecule has 0 unspecified atom stereocenters. The lowest BCUT2D eigenvalue weighted by molar-refractivity contribution is 0.0683. The van der Waals surface area contributed by atoms with E-state index in [2.05, 4.69) is 23.7 Å². The van der Waals surface area contributed by atoms with Gasteiger partial charge in [0, 0.05) is 12.7 Å². The topological polar surface area (TPSA) is 67.1 Å². The van der Waals surface area contributed by atoms with Gasteiger partial charge in [-0.2, -0.15) is 4.98 Å². The zero-order valence-electron chi connectivity index (χ0n) is 11.7. The minimum Gasteiger partial charge on any atom is -0.476 e. The fraction of sp³-hybridized carbons (Fsp3) is 0.429. The van der Waals surface area contributed by atoms with Crippen LogP contribution in [0.2, 0.25) is 0 Å². The Bertz CT molecular complexity index is 590. The van der Waals surface area contributed by atoms with Gasteiger partial charge in [-0.25, -0.2) is 4.79 Å². The van der Waals surface area contributed by atoms with E-state index >= 15 is 0 Å². The number of likely N-dealkylation sites (N-methyl/N-ethyl adjacent to an activating group) is 1. The van der Waals surface area contributed by atoms with Crippen molar-refractivity contribution in [3.8, 4) is 5.88 Å². The van der Waals surface area contributed by atoms with Crippen molar-refractivity contribution in [2.75, 3.05) is 26.2 Å². The second-order valence-corrected chi connectivity index (χ2v) is 4.37. The number of carboxylic acid groups (broad SMARTS) is 1. The molecule has 108 valence electrons. The minimum absolute atomic E-state index is 0.0696. The van der Waals surface area contributed by atoms with E-state index in [1.165, 1.54) is 4.40 Å². The Labute approximate surface area is 117 Å². The van der Waals surface area contributed by atoms with Gasteiger partial charge in [0.25, 0.3) is 0 Å². The second-order valence-electron chi connectivity index (χ2n) is 4.37. The van der Waals surface area contributed by atoms with E-state index in [1.807, 2.05) is 6.07 Å². The van der Waals surface area contributed by atoms with Gasteiger partial charge in [-0.05, 0) is 25.2 Å². The summed E-state index contributed by atoms with van der Waals surface area (Å²) in [5.41, 5.74) is 0.642. The van der Waals surface area contributed by atoms with Crippen molar-refractivity contribution in [2.24, 2.45) is 0 Å². The number of ether oxygens (including phenoxy) is 1. The molecule has 0 radical (unpaired) electrons. The van der Waals surface area contributed by atoms with Crippen LogP contribution < -0.4 is 4.74 Å². The quantitative estimate of drug-likeness (QED) is 0.835. The van der Waals surface area contributed by atoms with Crippen molar-refractivity contribution in [3.05, 3.63) is 30.1 Å². The molecular weight excluding hydrogens is 258 g/mol. The summed E-state index contributed by atoms with van der Waals surface area (Å²) in [6.45, 7) is 7.22. The maximum Gasteiger partial charge on any atom is 0.358 e. The first-order valence-corrected chi connectivity index (χ1v) is 6.72. The number of hydrogen-bond acceptors (Lipinski definition) is 4. The van der Waals surface area contributed by atoms with Crippen molar-refractivity contribution in [1.29, 1.82) is 0 Å². The van der Waals surface area contributed by atoms with E-state index in [0.717, 1.165) is 19.6 Å². The molecule has 0 saturated heterocycles. The average Bonchev–Trinajstić information content (AvgIpc) is 2.82. The smallest absolute Gasteiger partial charge is 0.358 e. The molecule has 6 nitrogen and oxygen atoms in total. The summed E-state index contributed by atoms with van der Waals surface area (Å²) in [5, 5.41) is 9.30. The third-order valence-electron chi connectivity index (χ3n) is 3.24. The third kappa shape index (κ3) is 2.91. The minimum atomic E-state index is -1.04. The van der Waals surface area contributed by atoms with Crippen LogP contribution in [0.15, 0.2) is 24.4 Å². The van der Waals surface area contributed by atoms with Gasteiger partial charge in [0.05, 0.1) is 0 Å². The summed E-state index contributed by atoms with van der Waals surface area (Å²) in [4.78, 5) is 17.8. The van der Waals surface area contributed by atoms with E-state index in [4.69, 9.17) is 4.74 Å². The molecule has 0 aliphatic rings. The van der Waals surface area contributed by atoms with Crippen molar-refractivity contribution in [2.45, 2.75) is 13.8 Å². The summed E-state index contributed by atoms with van der Waals surface area (Å²) in [6, 6.07) is 5.33. The molecule has 0 aliphatic heterocycles. The Kier molecular flexibility index (Phi) is 4.57. The van der Waals surface area contributed by atoms with Gasteiger partial charge >= 0.3 is 5.97 Å². The number of carboxylic acids is 1. The lowest BCUT2D eigenvalue weighted by Gasteiger charge is -2.17. The standard InChI is InChI=1S/C14H19N3O3/c1-3-16(4-2)9-10-20-13-12(14(18)19)17-8-6-5-7-11(17)15-13/h5-8H,3-4,9-10H2,1-2H3,(H,18,19). The number of aromatic nitrogens is 2. The highest BCUT2D eigenvalue weighted by Crippen LogP contribution is 2.19. The van der Waals surface area contributed by atoms with E-state index < -0.39 is 5.97 Å². The summed E-state index contributed by atoms with van der Waals surface area (Å²) in [5.74, 6) is -0.864. The molecule has 0 spiro atoms. The van der Waals surface area contributed by atoms with E-state index in [0.29, 0.717) is 12.3 Å². The highest BCUT2D eigenvalue weighted by atomic mass is 16.5. The molecule has 2 heterocycles. The van der Waals surface area contributed by atoms with Crippen LogP contribution in [0.25, 0.3) is 5.65 Å². The summed E-state index contributed by atoms with van der Waals surface area (Å²) in [6.07, 6.45) is 1.67. The van der Waals surface area contributed by atoms with Gasteiger partial charge in [0.15, 0.2) is 5.69 Å². The molecule has 6 heteroatoms. The summed E-state index contributed by atoms with van der Waals surface area (Å²) in [7, 11) is 0. The highest BCUT2D eigenvalue weighted by molar-refractivity contribution is 5.89. The van der Waals surface area contributed by atoms with Gasteiger partial charge in [-0.15, -0.1) is 0 Å². The molecule has 1 N–H and O–H groups in total. The molecule has 2 aromatic heterocycles. The number of imidazole rings is 1. The van der Waals surface area contributed by atoms with Gasteiger partial charge in [0.1, 0.15) is 12.3 Å². The Morgan fingerprint density at radius 3 is 2.80 bits per heavy atom. The molecule has 20 heavy (non-hydrogen) atoms. The summed E-state index contributed by atoms with van der Waals surface area (Å²) >= 11 is 0. The fourth-order valence-electron chi connectivity index (χ4n) is 2.08. The zero-order chi connectivity index (χ0) is 14.5. The van der Waals surface area contributed by atoms with E-state index in [-0.39, 0.29) is 11.6 Å². The number of fused-ring (bicyclic) bond motifs is 1. The van der Waals surface area contributed by atoms with Crippen LogP contribution in [-0.2, 0) is 0 Å². The molecule has 2 rings (SSSR count). The van der Waals surface area contributed by atoms with Crippen LogP contribution in [0, 0.1) is 0 Å². The first-order chi connectivity index (χ1) is 9.67. The molecule has 2 aromatic rings. The van der Waals surface area contributed by atoms with Crippen LogP contribution in [0.5, 0.6) is 5.88 Å². The number of rotatable bonds is 7. The van der Waals surface area contributed by atoms with Crippen LogP contribution >= 0.6 is 0 Å².